The van der Waals surface area contributed by atoms with Gasteiger partial charge < -0.3 is 9.47 Å². The topological polar surface area (TPSA) is 51.0 Å². The number of hydrogen-bond acceptors (Lipinski definition) is 4. The Morgan fingerprint density at radius 1 is 0.912 bits per heavy atom. The number of anilines is 1. The quantitative estimate of drug-likeness (QED) is 0.334. The Hall–Kier alpha value is -3.38. The molecule has 34 heavy (non-hydrogen) atoms. The molecule has 0 radical (unpaired) electrons. The van der Waals surface area contributed by atoms with Crippen molar-refractivity contribution >= 4 is 23.4 Å². The van der Waals surface area contributed by atoms with Crippen LogP contribution in [0.4, 0.5) is 5.69 Å². The van der Waals surface area contributed by atoms with Crippen LogP contribution in [0, 0.1) is 0 Å². The summed E-state index contributed by atoms with van der Waals surface area (Å²) in [6.45, 7) is 2.89. The normalized spacial score (nSPS) is 14.9. The molecular weight excluding hydrogens is 440 g/mol. The van der Waals surface area contributed by atoms with Gasteiger partial charge in [-0.3, -0.25) is 4.79 Å². The number of fused-ring (bicyclic) bond motifs is 1. The summed E-state index contributed by atoms with van der Waals surface area (Å²) < 4.78 is 2.18. The number of thioether (sulfide) groups is 1. The van der Waals surface area contributed by atoms with Crippen LogP contribution in [0.5, 0.6) is 0 Å². The molecule has 3 aromatic carbocycles. The minimum Gasteiger partial charge on any atom is -0.308 e. The monoisotopic (exact) mass is 468 g/mol. The molecule has 1 unspecified atom stereocenters. The molecule has 172 valence electrons. The van der Waals surface area contributed by atoms with Crippen LogP contribution in [-0.4, -0.2) is 32.5 Å². The molecule has 0 aliphatic carbocycles. The molecule has 1 atom stereocenters. The summed E-state index contributed by atoms with van der Waals surface area (Å²) in [6.07, 6.45) is 2.51. The predicted octanol–water partition coefficient (Wildman–Crippen LogP) is 5.18. The number of aromatic nitrogens is 3. The maximum absolute atomic E-state index is 13.2. The van der Waals surface area contributed by atoms with Crippen molar-refractivity contribution in [2.75, 3.05) is 10.7 Å². The Labute approximate surface area is 204 Å². The van der Waals surface area contributed by atoms with Crippen LogP contribution in [0.1, 0.15) is 29.4 Å². The summed E-state index contributed by atoms with van der Waals surface area (Å²) in [5, 5.41) is 9.81. The van der Waals surface area contributed by atoms with E-state index in [1.165, 1.54) is 28.5 Å². The van der Waals surface area contributed by atoms with Gasteiger partial charge in [-0.15, -0.1) is 10.2 Å². The van der Waals surface area contributed by atoms with Gasteiger partial charge in [-0.1, -0.05) is 90.6 Å². The molecule has 0 fully saturated rings. The van der Waals surface area contributed by atoms with E-state index in [-0.39, 0.29) is 11.9 Å². The third-order valence-electron chi connectivity index (χ3n) is 6.27. The smallest absolute Gasteiger partial charge is 0.237 e. The summed E-state index contributed by atoms with van der Waals surface area (Å²) in [6, 6.07) is 29.2. The van der Waals surface area contributed by atoms with Crippen LogP contribution in [0.25, 0.3) is 0 Å². The maximum atomic E-state index is 13.2. The first-order valence-corrected chi connectivity index (χ1v) is 12.7. The average molecular weight is 469 g/mol. The van der Waals surface area contributed by atoms with Crippen molar-refractivity contribution in [3.63, 3.8) is 0 Å². The zero-order valence-corrected chi connectivity index (χ0v) is 20.1. The van der Waals surface area contributed by atoms with Gasteiger partial charge in [0.25, 0.3) is 0 Å². The molecule has 5 rings (SSSR count). The van der Waals surface area contributed by atoms with Crippen LogP contribution in [0.2, 0.25) is 0 Å². The van der Waals surface area contributed by atoms with Gasteiger partial charge in [-0.2, -0.15) is 0 Å². The van der Waals surface area contributed by atoms with E-state index >= 15 is 0 Å². The molecule has 0 saturated heterocycles. The van der Waals surface area contributed by atoms with Crippen molar-refractivity contribution in [3.8, 4) is 0 Å². The summed E-state index contributed by atoms with van der Waals surface area (Å²) in [5.74, 6) is 1.38. The maximum Gasteiger partial charge on any atom is 0.237 e. The van der Waals surface area contributed by atoms with E-state index in [2.05, 4.69) is 64.2 Å². The minimum absolute atomic E-state index is 0.115. The number of para-hydroxylation sites is 1. The predicted molar refractivity (Wildman–Crippen MR) is 137 cm³/mol. The highest BCUT2D eigenvalue weighted by Gasteiger charge is 2.30. The standard InChI is InChI=1S/C28H28N4OS/c1-21-18-24-14-8-9-15-25(24)32(21)27(33)20-34-28-30-29-26(19-23-12-6-3-7-13-23)31(28)17-16-22-10-4-2-5-11-22/h2-15,21H,16-20H2,1H3. The lowest BCUT2D eigenvalue weighted by Gasteiger charge is -2.22. The first-order chi connectivity index (χ1) is 16.7. The van der Waals surface area contributed by atoms with Crippen molar-refractivity contribution < 1.29 is 4.79 Å². The second kappa shape index (κ2) is 10.3. The van der Waals surface area contributed by atoms with E-state index in [0.29, 0.717) is 12.2 Å². The summed E-state index contributed by atoms with van der Waals surface area (Å²) in [4.78, 5) is 15.2. The van der Waals surface area contributed by atoms with Gasteiger partial charge in [0, 0.05) is 24.7 Å². The zero-order chi connectivity index (χ0) is 23.3. The van der Waals surface area contributed by atoms with Crippen molar-refractivity contribution in [1.29, 1.82) is 0 Å². The average Bonchev–Trinajstić information content (AvgIpc) is 3.41. The Bertz CT molecular complexity index is 1260. The van der Waals surface area contributed by atoms with Gasteiger partial charge in [-0.05, 0) is 42.5 Å². The van der Waals surface area contributed by atoms with Gasteiger partial charge >= 0.3 is 0 Å². The molecule has 1 amide bonds. The molecule has 2 heterocycles. The fourth-order valence-electron chi connectivity index (χ4n) is 4.59. The fraction of sp³-hybridized carbons (Fsp3) is 0.250. The van der Waals surface area contributed by atoms with Gasteiger partial charge in [0.05, 0.1) is 5.75 Å². The number of nitrogens with zero attached hydrogens (tertiary/aromatic N) is 4. The van der Waals surface area contributed by atoms with E-state index in [0.717, 1.165) is 36.1 Å². The number of hydrogen-bond donors (Lipinski definition) is 0. The molecule has 0 N–H and O–H groups in total. The van der Waals surface area contributed by atoms with E-state index in [4.69, 9.17) is 0 Å². The van der Waals surface area contributed by atoms with Crippen LogP contribution in [0.3, 0.4) is 0 Å². The summed E-state index contributed by atoms with van der Waals surface area (Å²) >= 11 is 1.48. The van der Waals surface area contributed by atoms with Gasteiger partial charge in [0.1, 0.15) is 5.82 Å². The van der Waals surface area contributed by atoms with Crippen molar-refractivity contribution in [2.24, 2.45) is 0 Å². The first-order valence-electron chi connectivity index (χ1n) is 11.7. The Morgan fingerprint density at radius 3 is 2.35 bits per heavy atom. The number of amides is 1. The van der Waals surface area contributed by atoms with Crippen LogP contribution in [-0.2, 0) is 30.6 Å². The summed E-state index contributed by atoms with van der Waals surface area (Å²) in [7, 11) is 0. The second-order valence-electron chi connectivity index (χ2n) is 8.68. The van der Waals surface area contributed by atoms with Crippen molar-refractivity contribution in [1.82, 2.24) is 14.8 Å². The van der Waals surface area contributed by atoms with Crippen LogP contribution < -0.4 is 4.90 Å². The third kappa shape index (κ3) is 4.92. The zero-order valence-electron chi connectivity index (χ0n) is 19.3. The number of benzene rings is 3. The molecule has 1 aliphatic heterocycles. The fourth-order valence-corrected chi connectivity index (χ4v) is 5.43. The molecule has 0 spiro atoms. The Morgan fingerprint density at radius 2 is 1.59 bits per heavy atom. The lowest BCUT2D eigenvalue weighted by atomic mass is 10.1. The Balaban J connectivity index is 1.33. The molecule has 0 saturated carbocycles. The van der Waals surface area contributed by atoms with Gasteiger partial charge in [0.2, 0.25) is 5.91 Å². The highest BCUT2D eigenvalue weighted by molar-refractivity contribution is 7.99. The lowest BCUT2D eigenvalue weighted by molar-refractivity contribution is -0.116. The number of carbonyl (C=O) groups is 1. The van der Waals surface area contributed by atoms with Gasteiger partial charge in [0.15, 0.2) is 5.16 Å². The molecule has 5 nitrogen and oxygen atoms in total. The first kappa shape index (κ1) is 22.4. The lowest BCUT2D eigenvalue weighted by Crippen LogP contribution is -2.37. The summed E-state index contributed by atoms with van der Waals surface area (Å²) in [5.41, 5.74) is 4.75. The van der Waals surface area contributed by atoms with E-state index in [1.807, 2.05) is 47.4 Å². The molecule has 1 aliphatic rings. The second-order valence-corrected chi connectivity index (χ2v) is 9.63. The number of carbonyl (C=O) groups excluding carboxylic acids is 1. The molecular formula is C28H28N4OS. The molecule has 4 aromatic rings. The molecule has 0 bridgehead atoms. The number of aryl methyl sites for hydroxylation is 1. The van der Waals surface area contributed by atoms with Gasteiger partial charge in [-0.25, -0.2) is 0 Å². The number of rotatable bonds is 8. The van der Waals surface area contributed by atoms with Crippen molar-refractivity contribution in [3.05, 3.63) is 107 Å². The van der Waals surface area contributed by atoms with Crippen molar-refractivity contribution in [2.45, 2.75) is 43.9 Å². The molecule has 6 heteroatoms. The largest absolute Gasteiger partial charge is 0.308 e. The SMILES string of the molecule is CC1Cc2ccccc2N1C(=O)CSc1nnc(Cc2ccccc2)n1CCc1ccccc1. The molecule has 1 aromatic heterocycles. The Kier molecular flexibility index (Phi) is 6.77. The highest BCUT2D eigenvalue weighted by atomic mass is 32.2. The van der Waals surface area contributed by atoms with Crippen LogP contribution >= 0.6 is 11.8 Å². The highest BCUT2D eigenvalue weighted by Crippen LogP contribution is 2.33. The van der Waals surface area contributed by atoms with Crippen LogP contribution in [0.15, 0.2) is 90.1 Å². The minimum atomic E-state index is 0.115. The van der Waals surface area contributed by atoms with E-state index < -0.39 is 0 Å². The third-order valence-corrected chi connectivity index (χ3v) is 7.22. The van der Waals surface area contributed by atoms with E-state index in [1.54, 1.807) is 0 Å². The van der Waals surface area contributed by atoms with E-state index in [9.17, 15) is 4.79 Å².